The van der Waals surface area contributed by atoms with Crippen molar-refractivity contribution in [3.63, 3.8) is 0 Å². The molecule has 0 aromatic heterocycles. The maximum atomic E-state index is 13.1. The molecule has 1 unspecified atom stereocenters. The number of carbonyl (C=O) groups excluding carboxylic acids is 1. The van der Waals surface area contributed by atoms with Gasteiger partial charge in [-0.1, -0.05) is 18.2 Å². The van der Waals surface area contributed by atoms with Crippen LogP contribution >= 0.6 is 0 Å². The molecule has 1 aliphatic rings. The maximum Gasteiger partial charge on any atom is 0.387 e. The lowest BCUT2D eigenvalue weighted by atomic mass is 10.1. The molecule has 1 heterocycles. The smallest absolute Gasteiger partial charge is 0.387 e. The normalized spacial score (nSPS) is 17.1. The number of amides is 1. The van der Waals surface area contributed by atoms with Crippen molar-refractivity contribution in [2.75, 3.05) is 26.8 Å². The topological polar surface area (TPSA) is 48.0 Å². The van der Waals surface area contributed by atoms with Crippen LogP contribution in [-0.2, 0) is 4.74 Å². The predicted octanol–water partition coefficient (Wildman–Crippen LogP) is 3.65. The van der Waals surface area contributed by atoms with Crippen LogP contribution < -0.4 is 9.47 Å². The highest BCUT2D eigenvalue weighted by atomic mass is 19.3. The minimum Gasteiger partial charge on any atom is -0.493 e. The number of ether oxygens (including phenoxy) is 3. The molecule has 2 aromatic carbocycles. The fraction of sp³-hybridized carbons (Fsp3) is 0.316. The van der Waals surface area contributed by atoms with Crippen LogP contribution in [0.5, 0.6) is 11.5 Å². The van der Waals surface area contributed by atoms with Gasteiger partial charge < -0.3 is 19.1 Å². The van der Waals surface area contributed by atoms with Crippen molar-refractivity contribution < 1.29 is 32.2 Å². The van der Waals surface area contributed by atoms with E-state index in [2.05, 4.69) is 4.74 Å². The number of para-hydroxylation sites is 1. The molecule has 2 aromatic rings. The number of halogens is 3. The van der Waals surface area contributed by atoms with Crippen LogP contribution in [0.25, 0.3) is 0 Å². The Kier molecular flexibility index (Phi) is 5.85. The molecule has 3 rings (SSSR count). The monoisotopic (exact) mass is 381 g/mol. The highest BCUT2D eigenvalue weighted by molar-refractivity contribution is 5.98. The lowest BCUT2D eigenvalue weighted by Crippen LogP contribution is -2.42. The average molecular weight is 381 g/mol. The summed E-state index contributed by atoms with van der Waals surface area (Å²) in [5.74, 6) is -1.10. The van der Waals surface area contributed by atoms with E-state index < -0.39 is 18.6 Å². The van der Waals surface area contributed by atoms with Gasteiger partial charge >= 0.3 is 6.61 Å². The highest BCUT2D eigenvalue weighted by Gasteiger charge is 2.29. The summed E-state index contributed by atoms with van der Waals surface area (Å²) in [7, 11) is 1.31. The minimum absolute atomic E-state index is 0.0191. The van der Waals surface area contributed by atoms with Crippen LogP contribution in [0, 0.1) is 5.82 Å². The molecular weight excluding hydrogens is 363 g/mol. The lowest BCUT2D eigenvalue weighted by Gasteiger charge is -2.33. The Morgan fingerprint density at radius 1 is 1.22 bits per heavy atom. The predicted molar refractivity (Wildman–Crippen MR) is 90.6 cm³/mol. The maximum absolute atomic E-state index is 13.1. The van der Waals surface area contributed by atoms with Crippen LogP contribution in [0.1, 0.15) is 22.0 Å². The summed E-state index contributed by atoms with van der Waals surface area (Å²) in [6, 6.07) is 10.2. The molecule has 1 aliphatic heterocycles. The number of morpholine rings is 1. The molecule has 1 fully saturated rings. The first-order chi connectivity index (χ1) is 13.0. The number of alkyl halides is 2. The second kappa shape index (κ2) is 8.30. The molecule has 8 heteroatoms. The van der Waals surface area contributed by atoms with Gasteiger partial charge in [0.25, 0.3) is 5.91 Å². The van der Waals surface area contributed by atoms with Gasteiger partial charge in [-0.15, -0.1) is 0 Å². The van der Waals surface area contributed by atoms with Crippen molar-refractivity contribution in [2.24, 2.45) is 0 Å². The number of hydrogen-bond acceptors (Lipinski definition) is 4. The zero-order chi connectivity index (χ0) is 19.4. The van der Waals surface area contributed by atoms with Crippen LogP contribution in [0.2, 0.25) is 0 Å². The van der Waals surface area contributed by atoms with E-state index >= 15 is 0 Å². The molecular formula is C19H18F3NO4. The Morgan fingerprint density at radius 3 is 2.63 bits per heavy atom. The van der Waals surface area contributed by atoms with E-state index in [4.69, 9.17) is 9.47 Å². The SMILES string of the molecule is COc1cccc(C(=O)N2CCOC(c3ccc(F)cc3)C2)c1OC(F)F. The van der Waals surface area contributed by atoms with E-state index in [0.717, 1.165) is 5.56 Å². The Hall–Kier alpha value is -2.74. The van der Waals surface area contributed by atoms with E-state index in [1.54, 1.807) is 12.1 Å². The standard InChI is InChI=1S/C19H18F3NO4/c1-25-15-4-2-3-14(17(15)27-19(21)22)18(24)23-9-10-26-16(11-23)12-5-7-13(20)8-6-12/h2-8,16,19H,9-11H2,1H3. The van der Waals surface area contributed by atoms with Crippen LogP contribution in [-0.4, -0.2) is 44.2 Å². The van der Waals surface area contributed by atoms with E-state index in [1.165, 1.54) is 42.3 Å². The van der Waals surface area contributed by atoms with Gasteiger partial charge in [-0.2, -0.15) is 8.78 Å². The van der Waals surface area contributed by atoms with E-state index in [-0.39, 0.29) is 36.0 Å². The molecule has 0 spiro atoms. The van der Waals surface area contributed by atoms with Crippen LogP contribution in [0.15, 0.2) is 42.5 Å². The first kappa shape index (κ1) is 19.0. The largest absolute Gasteiger partial charge is 0.493 e. The summed E-state index contributed by atoms with van der Waals surface area (Å²) in [6.45, 7) is -2.33. The van der Waals surface area contributed by atoms with E-state index in [1.807, 2.05) is 0 Å². The Morgan fingerprint density at radius 2 is 1.96 bits per heavy atom. The third-order valence-electron chi connectivity index (χ3n) is 4.23. The molecule has 0 aliphatic carbocycles. The number of benzene rings is 2. The van der Waals surface area contributed by atoms with E-state index in [9.17, 15) is 18.0 Å². The quantitative estimate of drug-likeness (QED) is 0.793. The van der Waals surface area contributed by atoms with Crippen molar-refractivity contribution in [3.05, 3.63) is 59.4 Å². The van der Waals surface area contributed by atoms with Gasteiger partial charge in [0, 0.05) is 6.54 Å². The summed E-state index contributed by atoms with van der Waals surface area (Å²) in [5.41, 5.74) is 0.706. The van der Waals surface area contributed by atoms with Gasteiger partial charge in [0.15, 0.2) is 11.5 Å². The van der Waals surface area contributed by atoms with Gasteiger partial charge in [0.05, 0.1) is 25.8 Å². The summed E-state index contributed by atoms with van der Waals surface area (Å²) < 4.78 is 53.9. The fourth-order valence-electron chi connectivity index (χ4n) is 2.94. The molecule has 0 N–H and O–H groups in total. The molecule has 1 atom stereocenters. The second-order valence-corrected chi connectivity index (χ2v) is 5.88. The summed E-state index contributed by atoms with van der Waals surface area (Å²) in [5, 5.41) is 0. The molecule has 1 saturated heterocycles. The summed E-state index contributed by atoms with van der Waals surface area (Å²) in [4.78, 5) is 14.4. The highest BCUT2D eigenvalue weighted by Crippen LogP contribution is 2.34. The minimum atomic E-state index is -3.09. The number of nitrogens with zero attached hydrogens (tertiary/aromatic N) is 1. The number of methoxy groups -OCH3 is 1. The molecule has 144 valence electrons. The van der Waals surface area contributed by atoms with Gasteiger partial charge in [-0.3, -0.25) is 4.79 Å². The Labute approximate surface area is 154 Å². The van der Waals surface area contributed by atoms with Crippen molar-refractivity contribution in [1.29, 1.82) is 0 Å². The third kappa shape index (κ3) is 4.33. The molecule has 5 nitrogen and oxygen atoms in total. The molecule has 0 bridgehead atoms. The molecule has 0 radical (unpaired) electrons. The number of hydrogen-bond donors (Lipinski definition) is 0. The van der Waals surface area contributed by atoms with Gasteiger partial charge in [-0.05, 0) is 29.8 Å². The first-order valence-electron chi connectivity index (χ1n) is 8.27. The molecule has 1 amide bonds. The van der Waals surface area contributed by atoms with Gasteiger partial charge in [0.1, 0.15) is 11.9 Å². The van der Waals surface area contributed by atoms with Gasteiger partial charge in [-0.25, -0.2) is 4.39 Å². The summed E-state index contributed by atoms with van der Waals surface area (Å²) >= 11 is 0. The molecule has 27 heavy (non-hydrogen) atoms. The number of carbonyl (C=O) groups is 1. The average Bonchev–Trinajstić information content (AvgIpc) is 2.68. The zero-order valence-electron chi connectivity index (χ0n) is 14.5. The Bertz CT molecular complexity index is 798. The zero-order valence-corrected chi connectivity index (χ0v) is 14.5. The second-order valence-electron chi connectivity index (χ2n) is 5.88. The molecule has 0 saturated carbocycles. The van der Waals surface area contributed by atoms with E-state index in [0.29, 0.717) is 6.54 Å². The van der Waals surface area contributed by atoms with Crippen molar-refractivity contribution in [2.45, 2.75) is 12.7 Å². The van der Waals surface area contributed by atoms with Crippen LogP contribution in [0.3, 0.4) is 0 Å². The fourth-order valence-corrected chi connectivity index (χ4v) is 2.94. The van der Waals surface area contributed by atoms with Crippen molar-refractivity contribution >= 4 is 5.91 Å². The summed E-state index contributed by atoms with van der Waals surface area (Å²) in [6.07, 6.45) is -0.437. The van der Waals surface area contributed by atoms with Crippen molar-refractivity contribution in [3.8, 4) is 11.5 Å². The number of rotatable bonds is 5. The third-order valence-corrected chi connectivity index (χ3v) is 4.23. The lowest BCUT2D eigenvalue weighted by molar-refractivity contribution is -0.0521. The van der Waals surface area contributed by atoms with Crippen molar-refractivity contribution in [1.82, 2.24) is 4.90 Å². The Balaban J connectivity index is 1.84. The van der Waals surface area contributed by atoms with Gasteiger partial charge in [0.2, 0.25) is 0 Å². The van der Waals surface area contributed by atoms with Crippen LogP contribution in [0.4, 0.5) is 13.2 Å². The first-order valence-corrected chi connectivity index (χ1v) is 8.27.